The maximum atomic E-state index is 13.2. The molecule has 35 heavy (non-hydrogen) atoms. The molecule has 0 bridgehead atoms. The summed E-state index contributed by atoms with van der Waals surface area (Å²) in [4.78, 5) is 31.1. The Morgan fingerprint density at radius 1 is 1.09 bits per heavy atom. The number of nitrogens with one attached hydrogen (secondary N) is 4. The molecule has 0 aliphatic carbocycles. The highest BCUT2D eigenvalue weighted by molar-refractivity contribution is 5.52. The fourth-order valence-electron chi connectivity index (χ4n) is 3.55. The average molecular weight is 481 g/mol. The van der Waals surface area contributed by atoms with Crippen LogP contribution in [0.2, 0.25) is 0 Å². The Hall–Kier alpha value is -4.20. The number of aromatic amines is 2. The van der Waals surface area contributed by atoms with Crippen LogP contribution in [-0.4, -0.2) is 71.4 Å². The molecule has 5 heterocycles. The van der Waals surface area contributed by atoms with Gasteiger partial charge in [-0.1, -0.05) is 0 Å². The number of ether oxygens (including phenoxy) is 1. The van der Waals surface area contributed by atoms with Crippen LogP contribution in [0.4, 0.5) is 28.1 Å². The van der Waals surface area contributed by atoms with Gasteiger partial charge < -0.3 is 25.3 Å². The van der Waals surface area contributed by atoms with Crippen LogP contribution in [0.1, 0.15) is 30.3 Å². The second-order valence-electron chi connectivity index (χ2n) is 7.95. The van der Waals surface area contributed by atoms with E-state index < -0.39 is 5.82 Å². The van der Waals surface area contributed by atoms with Crippen LogP contribution in [0.5, 0.6) is 0 Å². The predicted molar refractivity (Wildman–Crippen MR) is 125 cm³/mol. The van der Waals surface area contributed by atoms with Gasteiger partial charge in [0.1, 0.15) is 11.6 Å². The number of H-pyrrole nitrogens is 2. The van der Waals surface area contributed by atoms with E-state index in [4.69, 9.17) is 4.74 Å². The van der Waals surface area contributed by atoms with Gasteiger partial charge in [-0.25, -0.2) is 19.3 Å². The molecule has 0 amide bonds. The molecule has 1 saturated heterocycles. The van der Waals surface area contributed by atoms with Crippen LogP contribution in [0.15, 0.2) is 30.9 Å². The lowest BCUT2D eigenvalue weighted by Crippen LogP contribution is -2.37. The van der Waals surface area contributed by atoms with Gasteiger partial charge in [-0.15, -0.1) is 0 Å². The topological polar surface area (TPSA) is 158 Å². The average Bonchev–Trinajstić information content (AvgIpc) is 3.56. The molecule has 4 N–H and O–H groups in total. The molecule has 13 nitrogen and oxygen atoms in total. The molecule has 1 unspecified atom stereocenters. The normalized spacial score (nSPS) is 14.6. The minimum Gasteiger partial charge on any atom is -0.378 e. The van der Waals surface area contributed by atoms with Gasteiger partial charge in [-0.3, -0.25) is 5.10 Å². The Morgan fingerprint density at radius 3 is 2.66 bits per heavy atom. The number of anilines is 4. The maximum Gasteiger partial charge on any atom is 0.235 e. The number of morpholine rings is 1. The van der Waals surface area contributed by atoms with Crippen molar-refractivity contribution >= 4 is 23.7 Å². The summed E-state index contributed by atoms with van der Waals surface area (Å²) in [5, 5.41) is 13.7. The van der Waals surface area contributed by atoms with Gasteiger partial charge in [-0.2, -0.15) is 20.1 Å². The van der Waals surface area contributed by atoms with Crippen molar-refractivity contribution in [2.45, 2.75) is 25.8 Å². The van der Waals surface area contributed by atoms with Gasteiger partial charge in [0, 0.05) is 43.7 Å². The lowest BCUT2D eigenvalue weighted by atomic mass is 10.2. The van der Waals surface area contributed by atoms with Crippen molar-refractivity contribution in [2.75, 3.05) is 41.8 Å². The van der Waals surface area contributed by atoms with Crippen LogP contribution >= 0.6 is 0 Å². The Balaban J connectivity index is 1.33. The fraction of sp³-hybridized carbons (Fsp3) is 0.381. The minimum absolute atomic E-state index is 0.331. The van der Waals surface area contributed by atoms with E-state index in [0.717, 1.165) is 36.8 Å². The highest BCUT2D eigenvalue weighted by Gasteiger charge is 2.19. The van der Waals surface area contributed by atoms with E-state index in [1.807, 2.05) is 17.9 Å². The molecule has 14 heteroatoms. The van der Waals surface area contributed by atoms with E-state index in [2.05, 4.69) is 55.7 Å². The van der Waals surface area contributed by atoms with Crippen molar-refractivity contribution in [3.63, 3.8) is 0 Å². The van der Waals surface area contributed by atoms with Crippen molar-refractivity contribution in [3.05, 3.63) is 54.0 Å². The number of imidazole rings is 1. The summed E-state index contributed by atoms with van der Waals surface area (Å²) < 4.78 is 18.7. The lowest BCUT2D eigenvalue weighted by Gasteiger charge is -2.27. The van der Waals surface area contributed by atoms with Gasteiger partial charge in [0.2, 0.25) is 17.8 Å². The fourth-order valence-corrected chi connectivity index (χ4v) is 3.55. The molecule has 4 aromatic heterocycles. The number of aromatic nitrogens is 9. The van der Waals surface area contributed by atoms with E-state index in [0.29, 0.717) is 55.8 Å². The standard InChI is InChI=1S/C21H25FN12O/c1-13(18-25-11-14(22)12-26-18)27-19-29-20(31-21(30-19)34-6-8-35-9-7-34)28-17-10-15(32-33-17)2-3-16-23-4-5-24-16/h4-5,10-13H,2-3,6-9H2,1H3,(H,23,24)(H3,27,28,29,30,31,32,33). The molecule has 0 radical (unpaired) electrons. The first-order chi connectivity index (χ1) is 17.1. The molecule has 5 rings (SSSR count). The summed E-state index contributed by atoms with van der Waals surface area (Å²) in [5.41, 5.74) is 0.951. The lowest BCUT2D eigenvalue weighted by molar-refractivity contribution is 0.122. The van der Waals surface area contributed by atoms with Gasteiger partial charge >= 0.3 is 0 Å². The summed E-state index contributed by atoms with van der Waals surface area (Å²) in [5.74, 6) is 2.59. The third-order valence-corrected chi connectivity index (χ3v) is 5.35. The molecular formula is C21H25FN12O. The summed E-state index contributed by atoms with van der Waals surface area (Å²) in [6.45, 7) is 4.36. The molecule has 0 aromatic carbocycles. The van der Waals surface area contributed by atoms with Gasteiger partial charge in [-0.05, 0) is 13.3 Å². The first-order valence-corrected chi connectivity index (χ1v) is 11.2. The Bertz CT molecular complexity index is 1220. The highest BCUT2D eigenvalue weighted by atomic mass is 19.1. The first-order valence-electron chi connectivity index (χ1n) is 11.2. The third-order valence-electron chi connectivity index (χ3n) is 5.35. The van der Waals surface area contributed by atoms with E-state index in [-0.39, 0.29) is 6.04 Å². The maximum absolute atomic E-state index is 13.2. The monoisotopic (exact) mass is 480 g/mol. The predicted octanol–water partition coefficient (Wildman–Crippen LogP) is 1.79. The van der Waals surface area contributed by atoms with Crippen LogP contribution < -0.4 is 15.5 Å². The summed E-state index contributed by atoms with van der Waals surface area (Å²) in [6.07, 6.45) is 7.30. The second kappa shape index (κ2) is 10.4. The zero-order valence-electron chi connectivity index (χ0n) is 19.1. The van der Waals surface area contributed by atoms with E-state index in [9.17, 15) is 4.39 Å². The summed E-state index contributed by atoms with van der Waals surface area (Å²) in [7, 11) is 0. The van der Waals surface area contributed by atoms with Crippen LogP contribution in [0.3, 0.4) is 0 Å². The summed E-state index contributed by atoms with van der Waals surface area (Å²) in [6, 6.07) is 1.55. The Labute approximate surface area is 200 Å². The molecule has 4 aromatic rings. The van der Waals surface area contributed by atoms with Crippen molar-refractivity contribution in [1.82, 2.24) is 45.1 Å². The molecule has 1 atom stereocenters. The Kier molecular flexibility index (Phi) is 6.70. The number of hydrogen-bond acceptors (Lipinski definition) is 11. The molecular weight excluding hydrogens is 455 g/mol. The first kappa shape index (κ1) is 22.6. The number of halogens is 1. The third kappa shape index (κ3) is 5.84. The zero-order valence-corrected chi connectivity index (χ0v) is 19.1. The number of aryl methyl sites for hydroxylation is 2. The van der Waals surface area contributed by atoms with Crippen molar-refractivity contribution in [3.8, 4) is 0 Å². The molecule has 1 aliphatic rings. The zero-order chi connectivity index (χ0) is 24.0. The number of hydrogen-bond donors (Lipinski definition) is 4. The van der Waals surface area contributed by atoms with Crippen LogP contribution in [-0.2, 0) is 17.6 Å². The molecule has 0 saturated carbocycles. The van der Waals surface area contributed by atoms with E-state index >= 15 is 0 Å². The SMILES string of the molecule is CC(Nc1nc(Nc2cc(CCc3ncc[nH]3)[nH]n2)nc(N2CCOCC2)n1)c1ncc(F)cn1. The van der Waals surface area contributed by atoms with E-state index in [1.165, 1.54) is 0 Å². The van der Waals surface area contributed by atoms with Crippen molar-refractivity contribution in [2.24, 2.45) is 0 Å². The van der Waals surface area contributed by atoms with Crippen LogP contribution in [0, 0.1) is 5.82 Å². The van der Waals surface area contributed by atoms with Crippen LogP contribution in [0.25, 0.3) is 0 Å². The quantitative estimate of drug-likeness (QED) is 0.277. The number of nitrogens with zero attached hydrogens (tertiary/aromatic N) is 8. The van der Waals surface area contributed by atoms with E-state index in [1.54, 1.807) is 12.4 Å². The molecule has 1 aliphatic heterocycles. The second-order valence-corrected chi connectivity index (χ2v) is 7.95. The van der Waals surface area contributed by atoms with Gasteiger partial charge in [0.25, 0.3) is 0 Å². The molecule has 182 valence electrons. The Morgan fingerprint density at radius 2 is 1.89 bits per heavy atom. The molecule has 1 fully saturated rings. The van der Waals surface area contributed by atoms with Gasteiger partial charge in [0.15, 0.2) is 11.6 Å². The van der Waals surface area contributed by atoms with Gasteiger partial charge in [0.05, 0.1) is 31.6 Å². The smallest absolute Gasteiger partial charge is 0.235 e. The number of rotatable bonds is 9. The highest BCUT2D eigenvalue weighted by Crippen LogP contribution is 2.21. The largest absolute Gasteiger partial charge is 0.378 e. The van der Waals surface area contributed by atoms with Crippen molar-refractivity contribution < 1.29 is 9.13 Å². The summed E-state index contributed by atoms with van der Waals surface area (Å²) >= 11 is 0. The molecule has 0 spiro atoms. The van der Waals surface area contributed by atoms with Crippen molar-refractivity contribution in [1.29, 1.82) is 0 Å². The minimum atomic E-state index is -0.496.